The number of carboxylic acid groups (broad SMARTS) is 1. The van der Waals surface area contributed by atoms with Crippen molar-refractivity contribution in [2.45, 2.75) is 31.8 Å². The summed E-state index contributed by atoms with van der Waals surface area (Å²) in [4.78, 5) is 23.3. The maximum Gasteiger partial charge on any atom is 0.307 e. The third kappa shape index (κ3) is 3.93. The zero-order valence-electron chi connectivity index (χ0n) is 13.2. The molecule has 5 heteroatoms. The van der Waals surface area contributed by atoms with Crippen LogP contribution in [0.4, 0.5) is 5.69 Å². The number of benzene rings is 2. The average Bonchev–Trinajstić information content (AvgIpc) is 2.53. The van der Waals surface area contributed by atoms with Crippen LogP contribution in [0.15, 0.2) is 48.5 Å². The van der Waals surface area contributed by atoms with Crippen molar-refractivity contribution in [2.24, 2.45) is 0 Å². The van der Waals surface area contributed by atoms with Crippen molar-refractivity contribution >= 4 is 17.6 Å². The van der Waals surface area contributed by atoms with Gasteiger partial charge in [-0.3, -0.25) is 9.59 Å². The van der Waals surface area contributed by atoms with E-state index >= 15 is 0 Å². The Kier molecular flexibility index (Phi) is 4.79. The van der Waals surface area contributed by atoms with Gasteiger partial charge in [0, 0.05) is 11.3 Å². The number of hydrogen-bond acceptors (Lipinski definition) is 3. The molecule has 0 bridgehead atoms. The zero-order valence-corrected chi connectivity index (χ0v) is 13.2. The highest BCUT2D eigenvalue weighted by Gasteiger charge is 2.19. The Labute approximate surface area is 140 Å². The predicted molar refractivity (Wildman–Crippen MR) is 90.4 cm³/mol. The topological polar surface area (TPSA) is 75.6 Å². The minimum Gasteiger partial charge on any atom is -0.490 e. The van der Waals surface area contributed by atoms with Gasteiger partial charge in [-0.25, -0.2) is 0 Å². The van der Waals surface area contributed by atoms with Crippen LogP contribution in [0.25, 0.3) is 0 Å². The highest BCUT2D eigenvalue weighted by atomic mass is 16.5. The van der Waals surface area contributed by atoms with Gasteiger partial charge in [-0.2, -0.15) is 0 Å². The lowest BCUT2D eigenvalue weighted by atomic mass is 9.96. The number of anilines is 1. The van der Waals surface area contributed by atoms with Gasteiger partial charge in [-0.05, 0) is 55.2 Å². The van der Waals surface area contributed by atoms with Crippen LogP contribution in [-0.2, 0) is 11.2 Å². The Morgan fingerprint density at radius 1 is 1.08 bits per heavy atom. The second-order valence-corrected chi connectivity index (χ2v) is 5.88. The number of aliphatic carboxylic acids is 1. The summed E-state index contributed by atoms with van der Waals surface area (Å²) < 4.78 is 5.77. The molecule has 124 valence electrons. The van der Waals surface area contributed by atoms with Gasteiger partial charge >= 0.3 is 5.97 Å². The van der Waals surface area contributed by atoms with E-state index in [0.29, 0.717) is 22.9 Å². The molecule has 3 rings (SSSR count). The number of carboxylic acids is 1. The van der Waals surface area contributed by atoms with Crippen LogP contribution >= 0.6 is 0 Å². The molecule has 0 heterocycles. The first kappa shape index (κ1) is 16.1. The molecule has 0 unspecified atom stereocenters. The smallest absolute Gasteiger partial charge is 0.307 e. The summed E-state index contributed by atoms with van der Waals surface area (Å²) in [7, 11) is 0. The summed E-state index contributed by atoms with van der Waals surface area (Å²) in [6, 6.07) is 13.9. The monoisotopic (exact) mass is 325 g/mol. The molecule has 1 fully saturated rings. The van der Waals surface area contributed by atoms with E-state index in [1.807, 2.05) is 0 Å². The average molecular weight is 325 g/mol. The third-order valence-corrected chi connectivity index (χ3v) is 4.08. The van der Waals surface area contributed by atoms with Crippen molar-refractivity contribution in [3.63, 3.8) is 0 Å². The number of carbonyl (C=O) groups excluding carboxylic acids is 1. The normalized spacial score (nSPS) is 13.8. The van der Waals surface area contributed by atoms with Crippen molar-refractivity contribution in [3.8, 4) is 5.75 Å². The summed E-state index contributed by atoms with van der Waals surface area (Å²) in [6.45, 7) is 0. The van der Waals surface area contributed by atoms with Crippen LogP contribution < -0.4 is 10.1 Å². The maximum atomic E-state index is 12.4. The molecular weight excluding hydrogens is 306 g/mol. The van der Waals surface area contributed by atoms with Crippen LogP contribution in [0.1, 0.15) is 35.2 Å². The first-order chi connectivity index (χ1) is 11.6. The first-order valence-corrected chi connectivity index (χ1v) is 7.99. The van der Waals surface area contributed by atoms with Crippen LogP contribution in [-0.4, -0.2) is 23.1 Å². The highest BCUT2D eigenvalue weighted by Crippen LogP contribution is 2.25. The molecule has 1 aliphatic carbocycles. The number of para-hydroxylation sites is 1. The molecule has 1 amide bonds. The van der Waals surface area contributed by atoms with E-state index in [9.17, 15) is 9.59 Å². The molecule has 2 aromatic rings. The largest absolute Gasteiger partial charge is 0.490 e. The van der Waals surface area contributed by atoms with E-state index in [0.717, 1.165) is 18.6 Å². The number of hydrogen-bond donors (Lipinski definition) is 2. The molecule has 0 aliphatic heterocycles. The van der Waals surface area contributed by atoms with Gasteiger partial charge in [0.15, 0.2) is 0 Å². The zero-order chi connectivity index (χ0) is 16.9. The summed E-state index contributed by atoms with van der Waals surface area (Å²) in [5.41, 5.74) is 1.59. The SMILES string of the molecule is O=C(O)Cc1ccccc1NC(=O)c1ccc(OC2CCC2)cc1. The number of amides is 1. The molecule has 1 saturated carbocycles. The molecule has 2 aromatic carbocycles. The van der Waals surface area contributed by atoms with Crippen molar-refractivity contribution in [2.75, 3.05) is 5.32 Å². The van der Waals surface area contributed by atoms with Gasteiger partial charge in [-0.15, -0.1) is 0 Å². The van der Waals surface area contributed by atoms with Gasteiger partial charge in [0.05, 0.1) is 12.5 Å². The van der Waals surface area contributed by atoms with Crippen molar-refractivity contribution < 1.29 is 19.4 Å². The Balaban J connectivity index is 1.67. The molecule has 2 N–H and O–H groups in total. The standard InChI is InChI=1S/C19H19NO4/c21-18(22)12-14-4-1-2-7-17(14)20-19(23)13-8-10-16(11-9-13)24-15-5-3-6-15/h1-2,4,7-11,15H,3,5-6,12H2,(H,20,23)(H,21,22). The number of carbonyl (C=O) groups is 2. The second kappa shape index (κ2) is 7.17. The fraction of sp³-hybridized carbons (Fsp3) is 0.263. The lowest BCUT2D eigenvalue weighted by molar-refractivity contribution is -0.136. The van der Waals surface area contributed by atoms with Crippen LogP contribution in [0.3, 0.4) is 0 Å². The van der Waals surface area contributed by atoms with Crippen molar-refractivity contribution in [1.82, 2.24) is 0 Å². The Bertz CT molecular complexity index is 735. The van der Waals surface area contributed by atoms with Crippen molar-refractivity contribution in [3.05, 3.63) is 59.7 Å². The lowest BCUT2D eigenvalue weighted by Gasteiger charge is -2.26. The van der Waals surface area contributed by atoms with E-state index in [2.05, 4.69) is 5.32 Å². The number of rotatable bonds is 6. The Morgan fingerprint density at radius 2 is 1.79 bits per heavy atom. The van der Waals surface area contributed by atoms with Crippen molar-refractivity contribution in [1.29, 1.82) is 0 Å². The Hall–Kier alpha value is -2.82. The minimum absolute atomic E-state index is 0.134. The van der Waals surface area contributed by atoms with E-state index in [-0.39, 0.29) is 12.3 Å². The molecule has 0 radical (unpaired) electrons. The number of ether oxygens (including phenoxy) is 1. The summed E-state index contributed by atoms with van der Waals surface area (Å²) in [5, 5.41) is 11.7. The molecule has 1 aliphatic rings. The Morgan fingerprint density at radius 3 is 2.42 bits per heavy atom. The lowest BCUT2D eigenvalue weighted by Crippen LogP contribution is -2.24. The molecule has 5 nitrogen and oxygen atoms in total. The molecular formula is C19H19NO4. The van der Waals surface area contributed by atoms with Crippen LogP contribution in [0.2, 0.25) is 0 Å². The summed E-state index contributed by atoms with van der Waals surface area (Å²) in [6.07, 6.45) is 3.55. The van der Waals surface area contributed by atoms with Gasteiger partial charge in [0.1, 0.15) is 5.75 Å². The van der Waals surface area contributed by atoms with Crippen LogP contribution in [0.5, 0.6) is 5.75 Å². The molecule has 0 saturated heterocycles. The van der Waals surface area contributed by atoms with E-state index in [1.165, 1.54) is 6.42 Å². The van der Waals surface area contributed by atoms with Gasteiger partial charge < -0.3 is 15.2 Å². The van der Waals surface area contributed by atoms with Gasteiger partial charge in [-0.1, -0.05) is 18.2 Å². The van der Waals surface area contributed by atoms with E-state index in [4.69, 9.17) is 9.84 Å². The highest BCUT2D eigenvalue weighted by molar-refractivity contribution is 6.04. The second-order valence-electron chi connectivity index (χ2n) is 5.88. The first-order valence-electron chi connectivity index (χ1n) is 7.99. The van der Waals surface area contributed by atoms with E-state index in [1.54, 1.807) is 48.5 Å². The minimum atomic E-state index is -0.936. The molecule has 24 heavy (non-hydrogen) atoms. The summed E-state index contributed by atoms with van der Waals surface area (Å²) in [5.74, 6) is -0.445. The number of nitrogens with one attached hydrogen (secondary N) is 1. The molecule has 0 atom stereocenters. The fourth-order valence-electron chi connectivity index (χ4n) is 2.52. The van der Waals surface area contributed by atoms with Gasteiger partial charge in [0.25, 0.3) is 5.91 Å². The quantitative estimate of drug-likeness (QED) is 0.852. The molecule has 0 spiro atoms. The third-order valence-electron chi connectivity index (χ3n) is 4.08. The van der Waals surface area contributed by atoms with E-state index < -0.39 is 5.97 Å². The fourth-order valence-corrected chi connectivity index (χ4v) is 2.52. The van der Waals surface area contributed by atoms with Crippen LogP contribution in [0, 0.1) is 0 Å². The molecule has 0 aromatic heterocycles. The predicted octanol–water partition coefficient (Wildman–Crippen LogP) is 3.50. The maximum absolute atomic E-state index is 12.4. The summed E-state index contributed by atoms with van der Waals surface area (Å²) >= 11 is 0. The van der Waals surface area contributed by atoms with Gasteiger partial charge in [0.2, 0.25) is 0 Å².